The van der Waals surface area contributed by atoms with Gasteiger partial charge in [-0.3, -0.25) is 4.79 Å². The number of aromatic hydroxyl groups is 1. The fraction of sp³-hybridized carbons (Fsp3) is 0.391. The fourth-order valence-corrected chi connectivity index (χ4v) is 6.96. The molecule has 2 aliphatic rings. The van der Waals surface area contributed by atoms with Crippen molar-refractivity contribution in [2.75, 3.05) is 11.9 Å². The van der Waals surface area contributed by atoms with E-state index in [0.717, 1.165) is 27.6 Å². The molecule has 0 aromatic carbocycles. The van der Waals surface area contributed by atoms with Crippen LogP contribution in [-0.4, -0.2) is 49.8 Å². The molecular formula is C23H25ClN6O2S2. The van der Waals surface area contributed by atoms with Crippen molar-refractivity contribution < 1.29 is 5.11 Å². The highest BCUT2D eigenvalue weighted by atomic mass is 35.5. The van der Waals surface area contributed by atoms with Crippen molar-refractivity contribution in [2.45, 2.75) is 43.8 Å². The van der Waals surface area contributed by atoms with Crippen LogP contribution in [0.3, 0.4) is 0 Å². The van der Waals surface area contributed by atoms with Gasteiger partial charge in [-0.1, -0.05) is 22.7 Å². The Kier molecular flexibility index (Phi) is 6.09. The van der Waals surface area contributed by atoms with Gasteiger partial charge in [-0.05, 0) is 43.4 Å². The number of rotatable bonds is 4. The average Bonchev–Trinajstić information content (AvgIpc) is 3.47. The molecule has 0 radical (unpaired) electrons. The summed E-state index contributed by atoms with van der Waals surface area (Å²) in [6.07, 6.45) is 8.25. The molecule has 0 saturated carbocycles. The molecule has 6 heterocycles. The summed E-state index contributed by atoms with van der Waals surface area (Å²) in [7, 11) is 3.84. The highest BCUT2D eigenvalue weighted by Gasteiger charge is 2.36. The minimum Gasteiger partial charge on any atom is -0.506 e. The molecule has 2 saturated heterocycles. The van der Waals surface area contributed by atoms with Gasteiger partial charge in [0.05, 0.1) is 0 Å². The van der Waals surface area contributed by atoms with Crippen molar-refractivity contribution in [2.24, 2.45) is 7.05 Å². The van der Waals surface area contributed by atoms with Crippen LogP contribution in [0.4, 0.5) is 5.13 Å². The van der Waals surface area contributed by atoms with Crippen LogP contribution >= 0.6 is 35.1 Å². The fourth-order valence-electron chi connectivity index (χ4n) is 4.89. The van der Waals surface area contributed by atoms with E-state index in [4.69, 9.17) is 9.97 Å². The first-order chi connectivity index (χ1) is 15.9. The summed E-state index contributed by atoms with van der Waals surface area (Å²) in [5.74, 6) is 0.0390. The van der Waals surface area contributed by atoms with Crippen molar-refractivity contribution in [3.63, 3.8) is 0 Å². The molecule has 8 nitrogen and oxygen atoms in total. The molecule has 3 atom stereocenters. The Hall–Kier alpha value is -2.53. The van der Waals surface area contributed by atoms with E-state index in [9.17, 15) is 9.90 Å². The lowest BCUT2D eigenvalue weighted by molar-refractivity contribution is 0.354. The number of aryl methyl sites for hydroxylation is 1. The van der Waals surface area contributed by atoms with Crippen molar-refractivity contribution >= 4 is 49.9 Å². The summed E-state index contributed by atoms with van der Waals surface area (Å²) in [5, 5.41) is 16.0. The normalized spacial score (nSPS) is 21.5. The number of anilines is 1. The molecule has 4 aromatic rings. The van der Waals surface area contributed by atoms with Gasteiger partial charge in [-0.25, -0.2) is 15.0 Å². The Morgan fingerprint density at radius 1 is 1.12 bits per heavy atom. The number of halogens is 1. The molecule has 2 aliphatic heterocycles. The van der Waals surface area contributed by atoms with Crippen LogP contribution < -0.4 is 15.8 Å². The number of nitrogens with zero attached hydrogens (tertiary/aromatic N) is 5. The van der Waals surface area contributed by atoms with E-state index in [-0.39, 0.29) is 23.7 Å². The number of thiazole rings is 2. The first-order valence-corrected chi connectivity index (χ1v) is 12.7. The summed E-state index contributed by atoms with van der Waals surface area (Å²) < 4.78 is 1.50. The second-order valence-corrected chi connectivity index (χ2v) is 10.9. The summed E-state index contributed by atoms with van der Waals surface area (Å²) >= 11 is 3.04. The minimum atomic E-state index is -0.111. The van der Waals surface area contributed by atoms with E-state index in [2.05, 4.69) is 22.2 Å². The summed E-state index contributed by atoms with van der Waals surface area (Å²) in [5.41, 5.74) is 1.72. The molecule has 2 bridgehead atoms. The first-order valence-electron chi connectivity index (χ1n) is 11.1. The topological polar surface area (TPSA) is 96.2 Å². The van der Waals surface area contributed by atoms with E-state index in [1.54, 1.807) is 36.8 Å². The van der Waals surface area contributed by atoms with Gasteiger partial charge < -0.3 is 19.9 Å². The Balaban J connectivity index is 0.00000241. The predicted molar refractivity (Wildman–Crippen MR) is 139 cm³/mol. The summed E-state index contributed by atoms with van der Waals surface area (Å²) in [4.78, 5) is 30.0. The zero-order valence-electron chi connectivity index (χ0n) is 18.8. The number of nitrogens with one attached hydrogen (secondary N) is 1. The van der Waals surface area contributed by atoms with Crippen LogP contribution in [0, 0.1) is 0 Å². The van der Waals surface area contributed by atoms with Crippen molar-refractivity contribution in [1.82, 2.24) is 24.8 Å². The number of fused-ring (bicyclic) bond motifs is 3. The van der Waals surface area contributed by atoms with Crippen molar-refractivity contribution in [3.8, 4) is 27.6 Å². The molecule has 11 heteroatoms. The maximum Gasteiger partial charge on any atom is 0.250 e. The minimum absolute atomic E-state index is 0. The Labute approximate surface area is 210 Å². The van der Waals surface area contributed by atoms with Gasteiger partial charge in [-0.2, -0.15) is 0 Å². The second-order valence-electron chi connectivity index (χ2n) is 8.96. The van der Waals surface area contributed by atoms with E-state index in [1.165, 1.54) is 34.8 Å². The lowest BCUT2D eigenvalue weighted by atomic mass is 9.99. The first kappa shape index (κ1) is 23.2. The zero-order chi connectivity index (χ0) is 22.7. The van der Waals surface area contributed by atoms with Crippen molar-refractivity contribution in [3.05, 3.63) is 40.9 Å². The number of hydrogen-bond acceptors (Lipinski definition) is 9. The SMILES string of the molecule is CN(c1nc2sc(-c3ncc(-c4ccn(C)c(=O)c4)cc3O)nc2s1)C1C[C@H]2CC[C@@H](C1)N2.Cl. The standard InChI is InChI=1S/C23H24N6O2S2.ClH/c1-28-6-5-12(8-18(28)31)13-7-17(30)19(24-11-13)20-26-21-22(32-20)27-23(33-21)29(2)16-9-14-3-4-15(10-16)25-14;/h5-8,11,14-16,25,30H,3-4,9-10H2,1-2H3;1H/t14-,15+,16?;. The van der Waals surface area contributed by atoms with E-state index < -0.39 is 0 Å². The van der Waals surface area contributed by atoms with E-state index >= 15 is 0 Å². The van der Waals surface area contributed by atoms with E-state index in [1.807, 2.05) is 6.07 Å². The second kappa shape index (κ2) is 8.92. The smallest absolute Gasteiger partial charge is 0.250 e. The monoisotopic (exact) mass is 516 g/mol. The maximum absolute atomic E-state index is 11.9. The third-order valence-electron chi connectivity index (χ3n) is 6.77. The molecule has 1 unspecified atom stereocenters. The number of aromatic nitrogens is 4. The van der Waals surface area contributed by atoms with E-state index in [0.29, 0.717) is 40.0 Å². The van der Waals surface area contributed by atoms with Crippen molar-refractivity contribution in [1.29, 1.82) is 0 Å². The van der Waals surface area contributed by atoms with Gasteiger partial charge in [0.2, 0.25) is 0 Å². The Bertz CT molecular complexity index is 1370. The molecule has 34 heavy (non-hydrogen) atoms. The van der Waals surface area contributed by atoms with Crippen LogP contribution in [0.15, 0.2) is 35.4 Å². The largest absolute Gasteiger partial charge is 0.506 e. The Morgan fingerprint density at radius 2 is 1.85 bits per heavy atom. The number of hydrogen-bond donors (Lipinski definition) is 2. The number of pyridine rings is 2. The number of piperidine rings is 1. The third kappa shape index (κ3) is 4.08. The maximum atomic E-state index is 11.9. The molecular weight excluding hydrogens is 492 g/mol. The lowest BCUT2D eigenvalue weighted by Gasteiger charge is -2.35. The lowest BCUT2D eigenvalue weighted by Crippen LogP contribution is -2.47. The highest BCUT2D eigenvalue weighted by molar-refractivity contribution is 7.29. The average molecular weight is 517 g/mol. The molecule has 2 fully saturated rings. The summed E-state index contributed by atoms with van der Waals surface area (Å²) in [6, 6.07) is 6.77. The quantitative estimate of drug-likeness (QED) is 0.422. The third-order valence-corrected chi connectivity index (χ3v) is 8.89. The van der Waals surface area contributed by atoms with Gasteiger partial charge in [0.25, 0.3) is 5.56 Å². The van der Waals surface area contributed by atoms with Crippen LogP contribution in [0.1, 0.15) is 25.7 Å². The molecule has 6 rings (SSSR count). The highest BCUT2D eigenvalue weighted by Crippen LogP contribution is 2.40. The molecule has 4 aromatic heterocycles. The van der Waals surface area contributed by atoms with Gasteiger partial charge in [0.1, 0.15) is 16.5 Å². The van der Waals surface area contributed by atoms with Gasteiger partial charge >= 0.3 is 0 Å². The molecule has 0 spiro atoms. The molecule has 2 N–H and O–H groups in total. The molecule has 178 valence electrons. The zero-order valence-corrected chi connectivity index (χ0v) is 21.2. The summed E-state index contributed by atoms with van der Waals surface area (Å²) in [6.45, 7) is 0. The van der Waals surface area contributed by atoms with Gasteiger partial charge in [0.15, 0.2) is 14.8 Å². The van der Waals surface area contributed by atoms with Crippen LogP contribution in [0.2, 0.25) is 0 Å². The van der Waals surface area contributed by atoms with Crippen LogP contribution in [0.25, 0.3) is 31.5 Å². The molecule has 0 amide bonds. The van der Waals surface area contributed by atoms with Crippen LogP contribution in [0.5, 0.6) is 5.75 Å². The van der Waals surface area contributed by atoms with Gasteiger partial charge in [0, 0.05) is 56.2 Å². The Morgan fingerprint density at radius 3 is 2.53 bits per heavy atom. The predicted octanol–water partition coefficient (Wildman–Crippen LogP) is 4.03. The van der Waals surface area contributed by atoms with Crippen LogP contribution in [-0.2, 0) is 7.05 Å². The van der Waals surface area contributed by atoms with Gasteiger partial charge in [-0.15, -0.1) is 12.4 Å². The molecule has 0 aliphatic carbocycles.